The molecule has 24 heavy (non-hydrogen) atoms. The second-order valence-electron chi connectivity index (χ2n) is 7.32. The Hall–Kier alpha value is -1.26. The Bertz CT molecular complexity index is 510. The smallest absolute Gasteiger partial charge is 0.315 e. The Morgan fingerprint density at radius 1 is 1.21 bits per heavy atom. The van der Waals surface area contributed by atoms with E-state index in [1.54, 1.807) is 0 Å². The van der Waals surface area contributed by atoms with Gasteiger partial charge in [-0.3, -0.25) is 0 Å². The average Bonchev–Trinajstić information content (AvgIpc) is 2.51. The van der Waals surface area contributed by atoms with Crippen molar-refractivity contribution in [2.75, 3.05) is 19.6 Å². The first kappa shape index (κ1) is 19.1. The minimum absolute atomic E-state index is 0.0567. The van der Waals surface area contributed by atoms with Crippen molar-refractivity contribution in [3.63, 3.8) is 0 Å². The van der Waals surface area contributed by atoms with E-state index in [9.17, 15) is 4.79 Å². The van der Waals surface area contributed by atoms with Crippen LogP contribution in [0.2, 0.25) is 5.02 Å². The van der Waals surface area contributed by atoms with Crippen molar-refractivity contribution in [2.24, 2.45) is 5.92 Å². The molecule has 1 aliphatic rings. The van der Waals surface area contributed by atoms with Gasteiger partial charge >= 0.3 is 6.03 Å². The molecule has 2 amide bonds. The minimum Gasteiger partial charge on any atom is -0.335 e. The third-order valence-electron chi connectivity index (χ3n) is 4.38. The van der Waals surface area contributed by atoms with Gasteiger partial charge < -0.3 is 15.5 Å². The van der Waals surface area contributed by atoms with Gasteiger partial charge in [0.25, 0.3) is 0 Å². The summed E-state index contributed by atoms with van der Waals surface area (Å²) in [6.07, 6.45) is 2.87. The average molecular weight is 352 g/mol. The number of hydrogen-bond donors (Lipinski definition) is 2. The van der Waals surface area contributed by atoms with E-state index in [4.69, 9.17) is 11.6 Å². The van der Waals surface area contributed by atoms with Gasteiger partial charge in [0.15, 0.2) is 0 Å². The van der Waals surface area contributed by atoms with Crippen LogP contribution in [0.4, 0.5) is 4.79 Å². The molecule has 1 fully saturated rings. The van der Waals surface area contributed by atoms with Crippen LogP contribution >= 0.6 is 11.6 Å². The molecule has 5 heteroatoms. The zero-order valence-electron chi connectivity index (χ0n) is 15.0. The number of carbonyl (C=O) groups is 1. The monoisotopic (exact) mass is 351 g/mol. The van der Waals surface area contributed by atoms with Gasteiger partial charge in [-0.1, -0.05) is 37.6 Å². The maximum atomic E-state index is 12.2. The highest BCUT2D eigenvalue weighted by molar-refractivity contribution is 6.30. The number of amides is 2. The van der Waals surface area contributed by atoms with Crippen molar-refractivity contribution in [1.29, 1.82) is 0 Å². The van der Waals surface area contributed by atoms with Gasteiger partial charge in [-0.25, -0.2) is 4.79 Å². The van der Waals surface area contributed by atoms with Crippen molar-refractivity contribution < 1.29 is 4.79 Å². The van der Waals surface area contributed by atoms with E-state index in [0.29, 0.717) is 5.92 Å². The van der Waals surface area contributed by atoms with Crippen LogP contribution in [0.5, 0.6) is 0 Å². The molecule has 2 rings (SSSR count). The first-order chi connectivity index (χ1) is 11.4. The number of benzene rings is 1. The number of likely N-dealkylation sites (tertiary alicyclic amines) is 1. The Labute approximate surface area is 150 Å². The van der Waals surface area contributed by atoms with E-state index in [1.807, 2.05) is 31.2 Å². The standard InChI is InChI=1S/C19H30ClN3O/c1-14(2)13-23-10-8-18(9-11-23)22-19(24)21-15(3)12-16-4-6-17(20)7-5-16/h4-7,14-15,18H,8-13H2,1-3H3,(H2,21,22,24)/t15-/m0/s1. The zero-order chi connectivity index (χ0) is 17.5. The third kappa shape index (κ3) is 6.70. The second-order valence-corrected chi connectivity index (χ2v) is 7.75. The predicted molar refractivity (Wildman–Crippen MR) is 101 cm³/mol. The van der Waals surface area contributed by atoms with Crippen molar-refractivity contribution in [2.45, 2.75) is 52.1 Å². The highest BCUT2D eigenvalue weighted by atomic mass is 35.5. The lowest BCUT2D eigenvalue weighted by Crippen LogP contribution is -2.50. The quantitative estimate of drug-likeness (QED) is 0.820. The Balaban J connectivity index is 1.68. The lowest BCUT2D eigenvalue weighted by Gasteiger charge is -2.33. The van der Waals surface area contributed by atoms with Crippen molar-refractivity contribution in [3.05, 3.63) is 34.9 Å². The van der Waals surface area contributed by atoms with Gasteiger partial charge in [-0.2, -0.15) is 0 Å². The van der Waals surface area contributed by atoms with Crippen molar-refractivity contribution in [3.8, 4) is 0 Å². The second kappa shape index (κ2) is 9.28. The molecule has 0 saturated carbocycles. The molecule has 134 valence electrons. The summed E-state index contributed by atoms with van der Waals surface area (Å²) in [6, 6.07) is 8.09. The fourth-order valence-electron chi connectivity index (χ4n) is 3.25. The van der Waals surface area contributed by atoms with Crippen molar-refractivity contribution >= 4 is 17.6 Å². The largest absolute Gasteiger partial charge is 0.335 e. The molecule has 1 atom stereocenters. The number of urea groups is 1. The summed E-state index contributed by atoms with van der Waals surface area (Å²) < 4.78 is 0. The third-order valence-corrected chi connectivity index (χ3v) is 4.63. The zero-order valence-corrected chi connectivity index (χ0v) is 15.8. The van der Waals surface area contributed by atoms with Crippen LogP contribution in [0.1, 0.15) is 39.2 Å². The molecule has 2 N–H and O–H groups in total. The van der Waals surface area contributed by atoms with E-state index in [2.05, 4.69) is 29.4 Å². The molecule has 0 aliphatic carbocycles. The lowest BCUT2D eigenvalue weighted by molar-refractivity contribution is 0.177. The summed E-state index contributed by atoms with van der Waals surface area (Å²) in [5.74, 6) is 0.700. The first-order valence-electron chi connectivity index (χ1n) is 8.96. The summed E-state index contributed by atoms with van der Waals surface area (Å²) >= 11 is 5.90. The van der Waals surface area contributed by atoms with Crippen LogP contribution in [0.15, 0.2) is 24.3 Å². The number of rotatable bonds is 6. The van der Waals surface area contributed by atoms with Gasteiger partial charge in [0.2, 0.25) is 0 Å². The number of piperidine rings is 1. The molecular weight excluding hydrogens is 322 g/mol. The maximum absolute atomic E-state index is 12.2. The molecule has 4 nitrogen and oxygen atoms in total. The molecule has 0 radical (unpaired) electrons. The van der Waals surface area contributed by atoms with Crippen LogP contribution < -0.4 is 10.6 Å². The summed E-state index contributed by atoms with van der Waals surface area (Å²) in [6.45, 7) is 9.82. The summed E-state index contributed by atoms with van der Waals surface area (Å²) in [7, 11) is 0. The van der Waals surface area contributed by atoms with E-state index in [0.717, 1.165) is 43.9 Å². The molecule has 0 aromatic heterocycles. The van der Waals surface area contributed by atoms with E-state index in [1.165, 1.54) is 5.56 Å². The van der Waals surface area contributed by atoms with Crippen LogP contribution in [-0.2, 0) is 6.42 Å². The molecule has 1 saturated heterocycles. The van der Waals surface area contributed by atoms with Crippen LogP contribution in [0.3, 0.4) is 0 Å². The molecule has 0 bridgehead atoms. The Morgan fingerprint density at radius 2 is 1.83 bits per heavy atom. The van der Waals surface area contributed by atoms with E-state index in [-0.39, 0.29) is 18.1 Å². The lowest BCUT2D eigenvalue weighted by atomic mass is 10.0. The van der Waals surface area contributed by atoms with Gasteiger partial charge in [0.05, 0.1) is 0 Å². The van der Waals surface area contributed by atoms with Crippen molar-refractivity contribution in [1.82, 2.24) is 15.5 Å². The number of hydrogen-bond acceptors (Lipinski definition) is 2. The van der Waals surface area contributed by atoms with E-state index < -0.39 is 0 Å². The van der Waals surface area contributed by atoms with Crippen LogP contribution in [0.25, 0.3) is 0 Å². The topological polar surface area (TPSA) is 44.4 Å². The molecule has 0 unspecified atom stereocenters. The first-order valence-corrected chi connectivity index (χ1v) is 9.34. The van der Waals surface area contributed by atoms with Gasteiger partial charge in [0.1, 0.15) is 0 Å². The number of carbonyl (C=O) groups excluding carboxylic acids is 1. The predicted octanol–water partition coefficient (Wildman–Crippen LogP) is 3.69. The maximum Gasteiger partial charge on any atom is 0.315 e. The Kier molecular flexibility index (Phi) is 7.38. The molecule has 1 aromatic rings. The normalized spacial score (nSPS) is 17.7. The van der Waals surface area contributed by atoms with Gasteiger partial charge in [0, 0.05) is 36.7 Å². The summed E-state index contributed by atoms with van der Waals surface area (Å²) in [5, 5.41) is 6.89. The number of nitrogens with one attached hydrogen (secondary N) is 2. The fraction of sp³-hybridized carbons (Fsp3) is 0.632. The highest BCUT2D eigenvalue weighted by Gasteiger charge is 2.21. The number of halogens is 1. The fourth-order valence-corrected chi connectivity index (χ4v) is 3.38. The van der Waals surface area contributed by atoms with Crippen LogP contribution in [-0.4, -0.2) is 42.6 Å². The number of nitrogens with zero attached hydrogens (tertiary/aromatic N) is 1. The summed E-state index contributed by atoms with van der Waals surface area (Å²) in [4.78, 5) is 14.7. The summed E-state index contributed by atoms with van der Waals surface area (Å²) in [5.41, 5.74) is 1.18. The minimum atomic E-state index is -0.0567. The molecule has 0 spiro atoms. The van der Waals surface area contributed by atoms with E-state index >= 15 is 0 Å². The molecule has 1 aliphatic heterocycles. The SMILES string of the molecule is CC(C)CN1CCC(NC(=O)N[C@@H](C)Cc2ccc(Cl)cc2)CC1. The van der Waals surface area contributed by atoms with Gasteiger partial charge in [-0.05, 0) is 49.8 Å². The molecule has 1 heterocycles. The Morgan fingerprint density at radius 3 is 2.42 bits per heavy atom. The van der Waals surface area contributed by atoms with Crippen LogP contribution in [0, 0.1) is 5.92 Å². The molecular formula is C19H30ClN3O. The highest BCUT2D eigenvalue weighted by Crippen LogP contribution is 2.13. The molecule has 1 aromatic carbocycles. The van der Waals surface area contributed by atoms with Gasteiger partial charge in [-0.15, -0.1) is 0 Å².